The van der Waals surface area contributed by atoms with Gasteiger partial charge in [-0.3, -0.25) is 4.79 Å². The largest absolute Gasteiger partial charge is 0.695 e. The summed E-state index contributed by atoms with van der Waals surface area (Å²) in [6.07, 6.45) is -1.89. The van der Waals surface area contributed by atoms with Crippen LogP contribution >= 0.6 is 8.25 Å². The zero-order valence-electron chi connectivity index (χ0n) is 17.3. The molecule has 3 N–H and O–H groups in total. The van der Waals surface area contributed by atoms with Crippen LogP contribution in [0.25, 0.3) is 11.0 Å². The summed E-state index contributed by atoms with van der Waals surface area (Å²) >= 11 is 0. The lowest BCUT2D eigenvalue weighted by atomic mass is 10.1. The second-order valence-corrected chi connectivity index (χ2v) is 14.2. The van der Waals surface area contributed by atoms with E-state index in [1.54, 1.807) is 0 Å². The molecule has 2 aromatic heterocycles. The number of rotatable bonds is 6. The lowest BCUT2D eigenvalue weighted by Gasteiger charge is -2.40. The minimum atomic E-state index is -3.02. The lowest BCUT2D eigenvalue weighted by molar-refractivity contribution is -0.0486. The Morgan fingerprint density at radius 2 is 2.07 bits per heavy atom. The molecule has 1 aliphatic heterocycles. The number of nitrogens with one attached hydrogen (secondary N) is 1. The van der Waals surface area contributed by atoms with E-state index in [-0.39, 0.29) is 16.1 Å². The molecule has 0 saturated carbocycles. The molecular formula is C17H26FN3O7PSi+. The Bertz CT molecular complexity index is 1010. The molecule has 0 bridgehead atoms. The van der Waals surface area contributed by atoms with Crippen molar-refractivity contribution in [3.63, 3.8) is 0 Å². The average molecular weight is 462 g/mol. The number of aliphatic hydroxyl groups is 1. The smallest absolute Gasteiger partial charge is 0.406 e. The number of ether oxygens (including phenoxy) is 1. The number of hydrogen-bond donors (Lipinski definition) is 3. The molecule has 5 atom stereocenters. The van der Waals surface area contributed by atoms with Crippen molar-refractivity contribution in [2.45, 2.75) is 63.4 Å². The molecule has 2 unspecified atom stereocenters. The van der Waals surface area contributed by atoms with E-state index in [0.29, 0.717) is 0 Å². The number of halogens is 1. The van der Waals surface area contributed by atoms with Gasteiger partial charge in [-0.1, -0.05) is 20.8 Å². The molecule has 2 aromatic rings. The topological polar surface area (TPSA) is 136 Å². The molecular weight excluding hydrogens is 436 g/mol. The van der Waals surface area contributed by atoms with Crippen molar-refractivity contribution in [3.05, 3.63) is 28.7 Å². The molecule has 3 heterocycles. The SMILES string of the molecule is CC(C)(C)[Si](C)(C)O[C@H]1C(n2cc(F)c3c(=O)[nH]cnc32)O[C@H](CO)[C@H]1O[P+](=O)O. The third kappa shape index (κ3) is 4.13. The normalized spacial score (nSPS) is 25.8. The summed E-state index contributed by atoms with van der Waals surface area (Å²) < 4.78 is 44.8. The first kappa shape index (κ1) is 23.1. The van der Waals surface area contributed by atoms with E-state index in [0.717, 1.165) is 12.5 Å². The molecule has 30 heavy (non-hydrogen) atoms. The van der Waals surface area contributed by atoms with Gasteiger partial charge in [0.1, 0.15) is 17.6 Å². The van der Waals surface area contributed by atoms with Crippen molar-refractivity contribution in [3.8, 4) is 0 Å². The highest BCUT2D eigenvalue weighted by molar-refractivity contribution is 7.32. The molecule has 10 nitrogen and oxygen atoms in total. The monoisotopic (exact) mass is 462 g/mol. The fourth-order valence-corrected chi connectivity index (χ4v) is 4.94. The Morgan fingerprint density at radius 1 is 1.40 bits per heavy atom. The summed E-state index contributed by atoms with van der Waals surface area (Å²) in [7, 11) is -5.49. The van der Waals surface area contributed by atoms with E-state index < -0.39 is 59.1 Å². The number of aromatic amines is 1. The summed E-state index contributed by atoms with van der Waals surface area (Å²) in [5.41, 5.74) is -0.628. The maximum atomic E-state index is 14.5. The van der Waals surface area contributed by atoms with Gasteiger partial charge in [-0.15, -0.1) is 9.42 Å². The van der Waals surface area contributed by atoms with Gasteiger partial charge in [0.2, 0.25) is 0 Å². The Hall–Kier alpha value is -1.53. The fourth-order valence-electron chi connectivity index (χ4n) is 3.20. The van der Waals surface area contributed by atoms with E-state index >= 15 is 0 Å². The van der Waals surface area contributed by atoms with Crippen LogP contribution in [0.1, 0.15) is 27.0 Å². The molecule has 0 amide bonds. The van der Waals surface area contributed by atoms with E-state index in [2.05, 4.69) is 9.97 Å². The molecule has 1 aliphatic rings. The van der Waals surface area contributed by atoms with Crippen LogP contribution in [0.2, 0.25) is 18.1 Å². The Labute approximate surface area is 174 Å². The average Bonchev–Trinajstić information content (AvgIpc) is 3.12. The Balaban J connectivity index is 2.13. The van der Waals surface area contributed by atoms with Crippen LogP contribution < -0.4 is 5.56 Å². The second kappa shape index (κ2) is 8.19. The maximum Gasteiger partial charge on any atom is 0.695 e. The van der Waals surface area contributed by atoms with Gasteiger partial charge in [0.05, 0.1) is 12.9 Å². The third-order valence-corrected chi connectivity index (χ3v) is 10.7. The molecule has 0 spiro atoms. The predicted octanol–water partition coefficient (Wildman–Crippen LogP) is 2.18. The van der Waals surface area contributed by atoms with Crippen molar-refractivity contribution in [2.75, 3.05) is 6.61 Å². The van der Waals surface area contributed by atoms with E-state index in [9.17, 15) is 23.7 Å². The van der Waals surface area contributed by atoms with Crippen LogP contribution in [-0.2, 0) is 18.3 Å². The zero-order chi connectivity index (χ0) is 22.4. The molecule has 0 aliphatic carbocycles. The van der Waals surface area contributed by atoms with Crippen LogP contribution in [0.3, 0.4) is 0 Å². The summed E-state index contributed by atoms with van der Waals surface area (Å²) in [4.78, 5) is 27.8. The lowest BCUT2D eigenvalue weighted by Crippen LogP contribution is -2.49. The van der Waals surface area contributed by atoms with Gasteiger partial charge in [-0.2, -0.15) is 0 Å². The number of H-pyrrole nitrogens is 1. The van der Waals surface area contributed by atoms with Gasteiger partial charge < -0.3 is 23.8 Å². The zero-order valence-corrected chi connectivity index (χ0v) is 19.2. The second-order valence-electron chi connectivity index (χ2n) is 8.71. The first-order valence-electron chi connectivity index (χ1n) is 9.38. The molecule has 166 valence electrons. The molecule has 3 rings (SSSR count). The Kier molecular flexibility index (Phi) is 6.32. The predicted molar refractivity (Wildman–Crippen MR) is 108 cm³/mol. The highest BCUT2D eigenvalue weighted by Crippen LogP contribution is 2.44. The number of aromatic nitrogens is 3. The molecule has 1 saturated heterocycles. The fraction of sp³-hybridized carbons (Fsp3) is 0.647. The van der Waals surface area contributed by atoms with Crippen molar-refractivity contribution in [1.82, 2.24) is 14.5 Å². The van der Waals surface area contributed by atoms with E-state index in [1.807, 2.05) is 33.9 Å². The number of aliphatic hydroxyl groups excluding tert-OH is 1. The van der Waals surface area contributed by atoms with Gasteiger partial charge in [0.15, 0.2) is 32.1 Å². The molecule has 0 aromatic carbocycles. The summed E-state index contributed by atoms with van der Waals surface area (Å²) in [6.45, 7) is 9.48. The van der Waals surface area contributed by atoms with Gasteiger partial charge in [-0.25, -0.2) is 9.37 Å². The van der Waals surface area contributed by atoms with Crippen LogP contribution in [-0.4, -0.2) is 57.8 Å². The van der Waals surface area contributed by atoms with E-state index in [1.165, 1.54) is 4.57 Å². The first-order chi connectivity index (χ1) is 13.9. The molecule has 0 radical (unpaired) electrons. The number of fused-ring (bicyclic) bond motifs is 1. The van der Waals surface area contributed by atoms with Gasteiger partial charge >= 0.3 is 8.25 Å². The van der Waals surface area contributed by atoms with Crippen LogP contribution in [0.5, 0.6) is 0 Å². The van der Waals surface area contributed by atoms with Crippen molar-refractivity contribution >= 4 is 27.6 Å². The Morgan fingerprint density at radius 3 is 2.63 bits per heavy atom. The molecule has 13 heteroatoms. The van der Waals surface area contributed by atoms with Gasteiger partial charge in [-0.05, 0) is 18.1 Å². The standard InChI is InChI=1S/C17H25FN3O7PSi/c1-17(2,3)30(4,5)28-13-12(27-29(24)25)10(7-22)26-16(13)21-6-9(18)11-14(21)19-8-20-15(11)23/h6,8,10,12-13,16,22H,7H2,1-5H3,(H-,19,20,23,24,25)/p+1/t10-,12-,13-,16?/m1/s1. The van der Waals surface area contributed by atoms with Crippen LogP contribution in [0.15, 0.2) is 17.3 Å². The summed E-state index contributed by atoms with van der Waals surface area (Å²) in [5.74, 6) is -0.799. The van der Waals surface area contributed by atoms with Crippen LogP contribution in [0, 0.1) is 5.82 Å². The highest BCUT2D eigenvalue weighted by Gasteiger charge is 2.54. The van der Waals surface area contributed by atoms with E-state index in [4.69, 9.17) is 13.7 Å². The minimum Gasteiger partial charge on any atom is -0.406 e. The van der Waals surface area contributed by atoms with Gasteiger partial charge in [0.25, 0.3) is 5.56 Å². The van der Waals surface area contributed by atoms with Crippen molar-refractivity contribution in [2.24, 2.45) is 0 Å². The first-order valence-corrected chi connectivity index (χ1v) is 13.4. The summed E-state index contributed by atoms with van der Waals surface area (Å²) in [5, 5.41) is 9.31. The highest BCUT2D eigenvalue weighted by atomic mass is 31.1. The maximum absolute atomic E-state index is 14.5. The van der Waals surface area contributed by atoms with Crippen molar-refractivity contribution < 1.29 is 32.6 Å². The third-order valence-electron chi connectivity index (χ3n) is 5.76. The number of hydrogen-bond acceptors (Lipinski definition) is 7. The van der Waals surface area contributed by atoms with Crippen LogP contribution in [0.4, 0.5) is 4.39 Å². The molecule has 1 fully saturated rings. The van der Waals surface area contributed by atoms with Gasteiger partial charge in [0, 0.05) is 10.8 Å². The summed E-state index contributed by atoms with van der Waals surface area (Å²) in [6, 6.07) is 0. The van der Waals surface area contributed by atoms with Crippen molar-refractivity contribution in [1.29, 1.82) is 0 Å². The number of nitrogens with zero attached hydrogens (tertiary/aromatic N) is 2. The quantitative estimate of drug-likeness (QED) is 0.439. The minimum absolute atomic E-state index is 0.0239.